The fraction of sp³-hybridized carbons (Fsp3) is 0.115. The fourth-order valence-corrected chi connectivity index (χ4v) is 3.43. The Labute approximate surface area is 191 Å². The summed E-state index contributed by atoms with van der Waals surface area (Å²) in [4.78, 5) is 25.6. The zero-order chi connectivity index (χ0) is 23.2. The predicted molar refractivity (Wildman–Crippen MR) is 125 cm³/mol. The van der Waals surface area contributed by atoms with Gasteiger partial charge < -0.3 is 14.8 Å². The highest BCUT2D eigenvalue weighted by molar-refractivity contribution is 6.04. The average molecular weight is 441 g/mol. The molecule has 0 radical (unpaired) electrons. The molecular formula is C26H23N3O4. The van der Waals surface area contributed by atoms with Gasteiger partial charge in [0.1, 0.15) is 5.69 Å². The third kappa shape index (κ3) is 4.77. The molecule has 33 heavy (non-hydrogen) atoms. The van der Waals surface area contributed by atoms with Crippen molar-refractivity contribution in [3.05, 3.63) is 96.2 Å². The van der Waals surface area contributed by atoms with E-state index in [1.165, 1.54) is 0 Å². The van der Waals surface area contributed by atoms with E-state index < -0.39 is 5.91 Å². The largest absolute Gasteiger partial charge is 0.493 e. The van der Waals surface area contributed by atoms with Crippen molar-refractivity contribution in [1.29, 1.82) is 0 Å². The maximum absolute atomic E-state index is 13.1. The van der Waals surface area contributed by atoms with Gasteiger partial charge in [0.15, 0.2) is 17.3 Å². The van der Waals surface area contributed by atoms with Crippen LogP contribution in [0, 0.1) is 0 Å². The van der Waals surface area contributed by atoms with Gasteiger partial charge in [-0.05, 0) is 30.3 Å². The highest BCUT2D eigenvalue weighted by atomic mass is 16.5. The number of nitrogens with zero attached hydrogens (tertiary/aromatic N) is 2. The first-order chi connectivity index (χ1) is 16.1. The van der Waals surface area contributed by atoms with Crippen LogP contribution in [0.3, 0.4) is 0 Å². The molecule has 0 spiro atoms. The summed E-state index contributed by atoms with van der Waals surface area (Å²) in [5.41, 5.74) is 2.83. The van der Waals surface area contributed by atoms with E-state index >= 15 is 0 Å². The summed E-state index contributed by atoms with van der Waals surface area (Å²) in [5.74, 6) is 0.524. The summed E-state index contributed by atoms with van der Waals surface area (Å²) in [5, 5.41) is 7.39. The summed E-state index contributed by atoms with van der Waals surface area (Å²) < 4.78 is 12.4. The number of amides is 1. The van der Waals surface area contributed by atoms with Crippen LogP contribution in [-0.2, 0) is 0 Å². The Hall–Kier alpha value is -4.39. The number of ether oxygens (including phenoxy) is 2. The van der Waals surface area contributed by atoms with E-state index in [-0.39, 0.29) is 12.3 Å². The SMILES string of the molecule is COc1ccc(-c2nn(-c3ccccc3)cc2C(=O)NCC(=O)c2ccccc2)cc1OC. The summed E-state index contributed by atoms with van der Waals surface area (Å²) in [6.07, 6.45) is 1.66. The number of carbonyl (C=O) groups is 2. The number of para-hydroxylation sites is 1. The maximum atomic E-state index is 13.1. The van der Waals surface area contributed by atoms with Crippen LogP contribution in [0.1, 0.15) is 20.7 Å². The molecule has 0 bridgehead atoms. The zero-order valence-electron chi connectivity index (χ0n) is 18.3. The van der Waals surface area contributed by atoms with Gasteiger partial charge in [0.2, 0.25) is 0 Å². The quantitative estimate of drug-likeness (QED) is 0.415. The van der Waals surface area contributed by atoms with Gasteiger partial charge in [-0.2, -0.15) is 5.10 Å². The van der Waals surface area contributed by atoms with Crippen molar-refractivity contribution in [2.75, 3.05) is 20.8 Å². The van der Waals surface area contributed by atoms with Crippen LogP contribution in [0.15, 0.2) is 85.1 Å². The minimum atomic E-state index is -0.397. The molecule has 4 aromatic rings. The lowest BCUT2D eigenvalue weighted by Gasteiger charge is -2.09. The van der Waals surface area contributed by atoms with Crippen molar-refractivity contribution in [3.8, 4) is 28.4 Å². The third-order valence-corrected chi connectivity index (χ3v) is 5.14. The van der Waals surface area contributed by atoms with Crippen molar-refractivity contribution in [2.24, 2.45) is 0 Å². The molecule has 1 N–H and O–H groups in total. The molecule has 1 heterocycles. The number of benzene rings is 3. The third-order valence-electron chi connectivity index (χ3n) is 5.14. The van der Waals surface area contributed by atoms with E-state index in [0.717, 1.165) is 5.69 Å². The molecule has 0 saturated carbocycles. The van der Waals surface area contributed by atoms with Crippen molar-refractivity contribution >= 4 is 11.7 Å². The molecule has 0 atom stereocenters. The molecule has 0 aliphatic heterocycles. The number of Topliss-reactive ketones (excluding diaryl/α,β-unsaturated/α-hetero) is 1. The van der Waals surface area contributed by atoms with Crippen molar-refractivity contribution in [3.63, 3.8) is 0 Å². The molecule has 7 heteroatoms. The Bertz CT molecular complexity index is 1270. The van der Waals surface area contributed by atoms with Gasteiger partial charge in [0.05, 0.1) is 32.0 Å². The number of aromatic nitrogens is 2. The summed E-state index contributed by atoms with van der Waals surface area (Å²) in [6.45, 7) is -0.120. The smallest absolute Gasteiger partial charge is 0.255 e. The molecule has 0 aliphatic rings. The fourth-order valence-electron chi connectivity index (χ4n) is 3.43. The Morgan fingerprint density at radius 1 is 0.879 bits per heavy atom. The van der Waals surface area contributed by atoms with Gasteiger partial charge in [-0.25, -0.2) is 4.68 Å². The van der Waals surface area contributed by atoms with Gasteiger partial charge in [0.25, 0.3) is 5.91 Å². The molecule has 0 aliphatic carbocycles. The lowest BCUT2D eigenvalue weighted by atomic mass is 10.1. The molecule has 0 unspecified atom stereocenters. The first-order valence-electron chi connectivity index (χ1n) is 10.3. The summed E-state index contributed by atoms with van der Waals surface area (Å²) >= 11 is 0. The molecular weight excluding hydrogens is 418 g/mol. The molecule has 1 amide bonds. The molecule has 4 rings (SSSR count). The van der Waals surface area contributed by atoms with E-state index in [1.807, 2.05) is 42.5 Å². The zero-order valence-corrected chi connectivity index (χ0v) is 18.3. The number of hydrogen-bond acceptors (Lipinski definition) is 5. The number of hydrogen-bond donors (Lipinski definition) is 1. The molecule has 166 valence electrons. The summed E-state index contributed by atoms with van der Waals surface area (Å²) in [6, 6.07) is 23.7. The standard InChI is InChI=1S/C26H23N3O4/c1-32-23-14-13-19(15-24(23)33-2)25-21(17-29(28-25)20-11-7-4-8-12-20)26(31)27-16-22(30)18-9-5-3-6-10-18/h3-15,17H,16H2,1-2H3,(H,27,31). The Morgan fingerprint density at radius 2 is 1.55 bits per heavy atom. The van der Waals surface area contributed by atoms with E-state index in [1.54, 1.807) is 61.5 Å². The molecule has 7 nitrogen and oxygen atoms in total. The van der Waals surface area contributed by atoms with E-state index in [4.69, 9.17) is 9.47 Å². The van der Waals surface area contributed by atoms with Crippen molar-refractivity contribution in [2.45, 2.75) is 0 Å². The number of ketones is 1. The Kier molecular flexibility index (Phi) is 6.50. The normalized spacial score (nSPS) is 10.5. The van der Waals surface area contributed by atoms with Gasteiger partial charge in [-0.15, -0.1) is 0 Å². The second-order valence-electron chi connectivity index (χ2n) is 7.21. The highest BCUT2D eigenvalue weighted by Gasteiger charge is 2.21. The predicted octanol–water partition coefficient (Wildman–Crippen LogP) is 4.17. The van der Waals surface area contributed by atoms with E-state index in [0.29, 0.717) is 33.9 Å². The second kappa shape index (κ2) is 9.82. The van der Waals surface area contributed by atoms with Crippen LogP contribution < -0.4 is 14.8 Å². The Morgan fingerprint density at radius 3 is 2.21 bits per heavy atom. The number of methoxy groups -OCH3 is 2. The van der Waals surface area contributed by atoms with Crippen LogP contribution in [0.2, 0.25) is 0 Å². The van der Waals surface area contributed by atoms with Crippen LogP contribution >= 0.6 is 0 Å². The monoisotopic (exact) mass is 441 g/mol. The molecule has 3 aromatic carbocycles. The van der Waals surface area contributed by atoms with Crippen LogP contribution in [-0.4, -0.2) is 42.2 Å². The van der Waals surface area contributed by atoms with Crippen LogP contribution in [0.4, 0.5) is 0 Å². The lowest BCUT2D eigenvalue weighted by Crippen LogP contribution is -2.29. The van der Waals surface area contributed by atoms with Crippen molar-refractivity contribution < 1.29 is 19.1 Å². The number of rotatable bonds is 8. The van der Waals surface area contributed by atoms with E-state index in [9.17, 15) is 9.59 Å². The minimum Gasteiger partial charge on any atom is -0.493 e. The first-order valence-corrected chi connectivity index (χ1v) is 10.3. The molecule has 1 aromatic heterocycles. The highest BCUT2D eigenvalue weighted by Crippen LogP contribution is 2.33. The molecule has 0 fully saturated rings. The summed E-state index contributed by atoms with van der Waals surface area (Å²) in [7, 11) is 3.11. The lowest BCUT2D eigenvalue weighted by molar-refractivity contribution is 0.0904. The average Bonchev–Trinajstić information content (AvgIpc) is 3.33. The van der Waals surface area contributed by atoms with Gasteiger partial charge in [0, 0.05) is 17.3 Å². The van der Waals surface area contributed by atoms with E-state index in [2.05, 4.69) is 10.4 Å². The van der Waals surface area contributed by atoms with Gasteiger partial charge in [-0.1, -0.05) is 48.5 Å². The van der Waals surface area contributed by atoms with Crippen molar-refractivity contribution in [1.82, 2.24) is 15.1 Å². The minimum absolute atomic E-state index is 0.120. The Balaban J connectivity index is 1.68. The van der Waals surface area contributed by atoms with Gasteiger partial charge >= 0.3 is 0 Å². The molecule has 0 saturated heterocycles. The van der Waals surface area contributed by atoms with Crippen LogP contribution in [0.25, 0.3) is 16.9 Å². The maximum Gasteiger partial charge on any atom is 0.255 e. The second-order valence-corrected chi connectivity index (χ2v) is 7.21. The van der Waals surface area contributed by atoms with Crippen LogP contribution in [0.5, 0.6) is 11.5 Å². The first kappa shape index (κ1) is 21.8. The number of carbonyl (C=O) groups excluding carboxylic acids is 2. The number of nitrogens with one attached hydrogen (secondary N) is 1. The van der Waals surface area contributed by atoms with Gasteiger partial charge in [-0.3, -0.25) is 9.59 Å². The topological polar surface area (TPSA) is 82.5 Å².